The zero-order chi connectivity index (χ0) is 13.3. The van der Waals surface area contributed by atoms with Gasteiger partial charge in [0.15, 0.2) is 5.76 Å². The van der Waals surface area contributed by atoms with Gasteiger partial charge in [0.1, 0.15) is 10.6 Å². The monoisotopic (exact) mass is 265 g/mol. The van der Waals surface area contributed by atoms with Crippen LogP contribution in [0.25, 0.3) is 10.6 Å². The summed E-state index contributed by atoms with van der Waals surface area (Å²) in [6, 6.07) is 6.42. The maximum atomic E-state index is 11.6. The molecule has 1 N–H and O–H groups in total. The topological polar surface area (TPSA) is 70.8 Å². The first kappa shape index (κ1) is 12.4. The van der Waals surface area contributed by atoms with Crippen molar-refractivity contribution in [2.24, 2.45) is 0 Å². The molecule has 0 fully saturated rings. The Morgan fingerprint density at radius 3 is 2.50 bits per heavy atom. The molecular formula is C12H11NO4S. The zero-order valence-corrected chi connectivity index (χ0v) is 10.7. The Labute approximate surface area is 107 Å². The number of rotatable bonds is 3. The van der Waals surface area contributed by atoms with Gasteiger partial charge in [0.05, 0.1) is 4.88 Å². The zero-order valence-electron chi connectivity index (χ0n) is 9.84. The molecule has 0 saturated carbocycles. The Kier molecular flexibility index (Phi) is 3.20. The molecule has 2 aromatic rings. The fourth-order valence-corrected chi connectivity index (χ4v) is 2.20. The first-order valence-electron chi connectivity index (χ1n) is 5.14. The van der Waals surface area contributed by atoms with Crippen molar-refractivity contribution in [1.82, 2.24) is 4.90 Å². The van der Waals surface area contributed by atoms with Gasteiger partial charge >= 0.3 is 5.97 Å². The lowest BCUT2D eigenvalue weighted by Gasteiger charge is -2.06. The van der Waals surface area contributed by atoms with Crippen molar-refractivity contribution in [3.05, 3.63) is 34.9 Å². The largest absolute Gasteiger partial charge is 0.477 e. The number of furan rings is 1. The van der Waals surface area contributed by atoms with Gasteiger partial charge in [0.25, 0.3) is 5.91 Å². The van der Waals surface area contributed by atoms with Crippen molar-refractivity contribution in [1.29, 1.82) is 0 Å². The summed E-state index contributed by atoms with van der Waals surface area (Å²) in [4.78, 5) is 24.8. The van der Waals surface area contributed by atoms with Crippen LogP contribution in [-0.2, 0) is 0 Å². The number of amides is 1. The van der Waals surface area contributed by atoms with E-state index in [1.54, 1.807) is 32.3 Å². The number of carboxylic acid groups (broad SMARTS) is 1. The molecule has 0 aliphatic rings. The van der Waals surface area contributed by atoms with Crippen LogP contribution in [0.4, 0.5) is 0 Å². The molecule has 0 aromatic carbocycles. The van der Waals surface area contributed by atoms with Crippen molar-refractivity contribution >= 4 is 23.2 Å². The number of carboxylic acids is 1. The molecule has 0 spiro atoms. The summed E-state index contributed by atoms with van der Waals surface area (Å²) in [5.41, 5.74) is 0. The highest BCUT2D eigenvalue weighted by atomic mass is 32.1. The van der Waals surface area contributed by atoms with Gasteiger partial charge in [-0.05, 0) is 24.3 Å². The molecule has 0 bridgehead atoms. The van der Waals surface area contributed by atoms with E-state index in [0.29, 0.717) is 10.6 Å². The Balaban J connectivity index is 2.29. The van der Waals surface area contributed by atoms with Crippen molar-refractivity contribution in [2.45, 2.75) is 0 Å². The number of aromatic carboxylic acids is 1. The number of carbonyl (C=O) groups excluding carboxylic acids is 1. The maximum absolute atomic E-state index is 11.6. The van der Waals surface area contributed by atoms with E-state index in [0.717, 1.165) is 11.3 Å². The van der Waals surface area contributed by atoms with Gasteiger partial charge in [-0.25, -0.2) is 4.79 Å². The normalized spacial score (nSPS) is 10.3. The molecule has 5 nitrogen and oxygen atoms in total. The second-order valence-electron chi connectivity index (χ2n) is 3.83. The van der Waals surface area contributed by atoms with Crippen LogP contribution in [0.3, 0.4) is 0 Å². The maximum Gasteiger partial charge on any atom is 0.345 e. The van der Waals surface area contributed by atoms with Crippen molar-refractivity contribution in [2.75, 3.05) is 14.1 Å². The van der Waals surface area contributed by atoms with Crippen LogP contribution >= 0.6 is 11.3 Å². The number of hydrogen-bond acceptors (Lipinski definition) is 4. The third kappa shape index (κ3) is 2.28. The third-order valence-corrected chi connectivity index (χ3v) is 3.37. The second-order valence-corrected chi connectivity index (χ2v) is 4.92. The predicted molar refractivity (Wildman–Crippen MR) is 67.0 cm³/mol. The van der Waals surface area contributed by atoms with E-state index < -0.39 is 5.97 Å². The summed E-state index contributed by atoms with van der Waals surface area (Å²) in [5.74, 6) is -0.461. The molecule has 18 heavy (non-hydrogen) atoms. The first-order chi connectivity index (χ1) is 8.49. The first-order valence-corrected chi connectivity index (χ1v) is 5.95. The average molecular weight is 265 g/mol. The Morgan fingerprint density at radius 2 is 1.94 bits per heavy atom. The minimum atomic E-state index is -0.970. The van der Waals surface area contributed by atoms with Gasteiger partial charge < -0.3 is 14.4 Å². The van der Waals surface area contributed by atoms with E-state index in [1.165, 1.54) is 11.0 Å². The molecule has 0 aliphatic carbocycles. The number of nitrogens with zero attached hydrogens (tertiary/aromatic N) is 1. The summed E-state index contributed by atoms with van der Waals surface area (Å²) in [7, 11) is 3.27. The number of carbonyl (C=O) groups is 2. The van der Waals surface area contributed by atoms with Gasteiger partial charge in [0, 0.05) is 14.1 Å². The van der Waals surface area contributed by atoms with Crippen LogP contribution in [-0.4, -0.2) is 36.0 Å². The van der Waals surface area contributed by atoms with Gasteiger partial charge in [-0.2, -0.15) is 0 Å². The Bertz CT molecular complexity index is 597. The van der Waals surface area contributed by atoms with Gasteiger partial charge in [-0.3, -0.25) is 4.79 Å². The lowest BCUT2D eigenvalue weighted by molar-refractivity contribution is 0.0701. The summed E-state index contributed by atoms with van der Waals surface area (Å²) in [5, 5.41) is 8.83. The van der Waals surface area contributed by atoms with Gasteiger partial charge in [0.2, 0.25) is 0 Å². The van der Waals surface area contributed by atoms with Crippen LogP contribution < -0.4 is 0 Å². The van der Waals surface area contributed by atoms with Crippen molar-refractivity contribution in [3.63, 3.8) is 0 Å². The molecule has 0 radical (unpaired) electrons. The van der Waals surface area contributed by atoms with E-state index in [4.69, 9.17) is 9.52 Å². The van der Waals surface area contributed by atoms with Crippen LogP contribution in [0.5, 0.6) is 0 Å². The molecule has 2 aromatic heterocycles. The van der Waals surface area contributed by atoms with Gasteiger partial charge in [-0.15, -0.1) is 11.3 Å². The highest BCUT2D eigenvalue weighted by Gasteiger charge is 2.15. The molecular weight excluding hydrogens is 254 g/mol. The summed E-state index contributed by atoms with van der Waals surface area (Å²) in [6.07, 6.45) is 0. The molecule has 2 heterocycles. The van der Waals surface area contributed by atoms with E-state index in [1.807, 2.05) is 0 Å². The Hall–Kier alpha value is -2.08. The predicted octanol–water partition coefficient (Wildman–Crippen LogP) is 2.41. The third-order valence-electron chi connectivity index (χ3n) is 2.28. The summed E-state index contributed by atoms with van der Waals surface area (Å²) in [6.45, 7) is 0. The summed E-state index contributed by atoms with van der Waals surface area (Å²) >= 11 is 1.11. The Morgan fingerprint density at radius 1 is 1.22 bits per heavy atom. The highest BCUT2D eigenvalue weighted by molar-refractivity contribution is 7.17. The molecule has 1 amide bonds. The standard InChI is InChI=1S/C12H11NO4S/c1-13(2)11(14)8-4-3-7(17-8)9-5-6-10(18-9)12(15)16/h3-6H,1-2H3,(H,15,16). The SMILES string of the molecule is CN(C)C(=O)c1ccc(-c2ccc(C(=O)O)s2)o1. The molecule has 94 valence electrons. The quantitative estimate of drug-likeness (QED) is 0.925. The minimum absolute atomic E-state index is 0.226. The van der Waals surface area contributed by atoms with Crippen LogP contribution in [0.15, 0.2) is 28.7 Å². The number of hydrogen-bond donors (Lipinski definition) is 1. The fourth-order valence-electron chi connectivity index (χ4n) is 1.39. The van der Waals surface area contributed by atoms with E-state index in [2.05, 4.69) is 0 Å². The lowest BCUT2D eigenvalue weighted by Crippen LogP contribution is -2.20. The molecule has 0 unspecified atom stereocenters. The molecule has 0 saturated heterocycles. The second kappa shape index (κ2) is 4.66. The highest BCUT2D eigenvalue weighted by Crippen LogP contribution is 2.29. The van der Waals surface area contributed by atoms with Crippen molar-refractivity contribution < 1.29 is 19.1 Å². The van der Waals surface area contributed by atoms with Gasteiger partial charge in [-0.1, -0.05) is 0 Å². The lowest BCUT2D eigenvalue weighted by atomic mass is 10.3. The molecule has 2 rings (SSSR count). The average Bonchev–Trinajstić information content (AvgIpc) is 2.96. The van der Waals surface area contributed by atoms with E-state index >= 15 is 0 Å². The summed E-state index contributed by atoms with van der Waals surface area (Å²) < 4.78 is 5.41. The minimum Gasteiger partial charge on any atom is -0.477 e. The number of thiophene rings is 1. The van der Waals surface area contributed by atoms with Crippen LogP contribution in [0, 0.1) is 0 Å². The molecule has 0 aliphatic heterocycles. The van der Waals surface area contributed by atoms with Crippen molar-refractivity contribution in [3.8, 4) is 10.6 Å². The van der Waals surface area contributed by atoms with E-state index in [-0.39, 0.29) is 16.5 Å². The van der Waals surface area contributed by atoms with Crippen LogP contribution in [0.1, 0.15) is 20.2 Å². The molecule has 0 atom stereocenters. The van der Waals surface area contributed by atoms with E-state index in [9.17, 15) is 9.59 Å². The van der Waals surface area contributed by atoms with Crippen LogP contribution in [0.2, 0.25) is 0 Å². The molecule has 6 heteroatoms. The fraction of sp³-hybridized carbons (Fsp3) is 0.167. The smallest absolute Gasteiger partial charge is 0.345 e.